The summed E-state index contributed by atoms with van der Waals surface area (Å²) in [6.45, 7) is 2.18. The Morgan fingerprint density at radius 3 is 2.70 bits per heavy atom. The van der Waals surface area contributed by atoms with Crippen LogP contribution in [-0.4, -0.2) is 44.4 Å². The molecule has 110 valence electrons. The van der Waals surface area contributed by atoms with E-state index in [2.05, 4.69) is 10.6 Å². The molecule has 1 aromatic carbocycles. The largest absolute Gasteiger partial charge is 0.392 e. The number of β-amino-alcohol motifs (C(OH)–C–C–N with tert-alkyl or cyclic N) is 1. The van der Waals surface area contributed by atoms with Crippen molar-refractivity contribution in [3.8, 4) is 0 Å². The van der Waals surface area contributed by atoms with E-state index < -0.39 is 22.0 Å². The van der Waals surface area contributed by atoms with E-state index in [1.807, 2.05) is 0 Å². The van der Waals surface area contributed by atoms with Crippen molar-refractivity contribution < 1.29 is 18.3 Å². The second-order valence-corrected chi connectivity index (χ2v) is 7.10. The lowest BCUT2D eigenvalue weighted by Gasteiger charge is -2.13. The molecule has 2 rings (SSSR count). The van der Waals surface area contributed by atoms with Crippen molar-refractivity contribution >= 4 is 21.4 Å². The van der Waals surface area contributed by atoms with Gasteiger partial charge in [0.2, 0.25) is 5.91 Å². The van der Waals surface area contributed by atoms with Crippen molar-refractivity contribution in [2.75, 3.05) is 18.1 Å². The quantitative estimate of drug-likeness (QED) is 0.733. The van der Waals surface area contributed by atoms with Gasteiger partial charge in [-0.3, -0.25) is 4.79 Å². The number of anilines is 1. The van der Waals surface area contributed by atoms with Crippen LogP contribution < -0.4 is 10.6 Å². The molecule has 1 aliphatic rings. The first kappa shape index (κ1) is 15.0. The number of rotatable bonds is 3. The molecule has 0 spiro atoms. The topological polar surface area (TPSA) is 95.5 Å². The molecule has 2 atom stereocenters. The van der Waals surface area contributed by atoms with Crippen LogP contribution >= 0.6 is 0 Å². The number of hydrogen-bond acceptors (Lipinski definition) is 5. The molecule has 0 saturated carbocycles. The standard InChI is InChI=1S/C13H18N2O4S/c1-8-3-4-10(20(2,18)19)6-11(8)15-13(17)12-5-9(16)7-14-12/h3-4,6,9,12,14,16H,5,7H2,1-2H3,(H,15,17). The van der Waals surface area contributed by atoms with Crippen molar-refractivity contribution in [3.05, 3.63) is 23.8 Å². The highest BCUT2D eigenvalue weighted by molar-refractivity contribution is 7.90. The average Bonchev–Trinajstić information content (AvgIpc) is 2.77. The Kier molecular flexibility index (Phi) is 4.12. The fraction of sp³-hybridized carbons (Fsp3) is 0.462. The Labute approximate surface area is 118 Å². The van der Waals surface area contributed by atoms with Crippen molar-refractivity contribution in [2.45, 2.75) is 30.4 Å². The molecule has 1 aliphatic heterocycles. The minimum Gasteiger partial charge on any atom is -0.392 e. The summed E-state index contributed by atoms with van der Waals surface area (Å²) in [5, 5.41) is 15.0. The summed E-state index contributed by atoms with van der Waals surface area (Å²) in [5.41, 5.74) is 1.26. The van der Waals surface area contributed by atoms with Gasteiger partial charge in [-0.15, -0.1) is 0 Å². The molecular weight excluding hydrogens is 280 g/mol. The van der Waals surface area contributed by atoms with E-state index >= 15 is 0 Å². The van der Waals surface area contributed by atoms with Gasteiger partial charge < -0.3 is 15.7 Å². The third-order valence-corrected chi connectivity index (χ3v) is 4.43. The number of aliphatic hydroxyl groups excluding tert-OH is 1. The van der Waals surface area contributed by atoms with Gasteiger partial charge in [-0.25, -0.2) is 8.42 Å². The van der Waals surface area contributed by atoms with Gasteiger partial charge in [0.1, 0.15) is 0 Å². The predicted octanol–water partition coefficient (Wildman–Crippen LogP) is 0.0598. The van der Waals surface area contributed by atoms with Crippen molar-refractivity contribution in [3.63, 3.8) is 0 Å². The molecule has 3 N–H and O–H groups in total. The number of amides is 1. The third-order valence-electron chi connectivity index (χ3n) is 3.32. The van der Waals surface area contributed by atoms with E-state index in [-0.39, 0.29) is 10.8 Å². The fourth-order valence-corrected chi connectivity index (χ4v) is 2.75. The molecular formula is C13H18N2O4S. The zero-order valence-corrected chi connectivity index (χ0v) is 12.2. The molecule has 2 unspecified atom stereocenters. The summed E-state index contributed by atoms with van der Waals surface area (Å²) < 4.78 is 23.0. The van der Waals surface area contributed by atoms with E-state index in [1.54, 1.807) is 13.0 Å². The van der Waals surface area contributed by atoms with Gasteiger partial charge in [0.25, 0.3) is 0 Å². The molecule has 7 heteroatoms. The number of hydrogen-bond donors (Lipinski definition) is 3. The maximum atomic E-state index is 12.0. The molecule has 1 amide bonds. The lowest BCUT2D eigenvalue weighted by Crippen LogP contribution is -2.35. The summed E-state index contributed by atoms with van der Waals surface area (Å²) in [6, 6.07) is 4.17. The van der Waals surface area contributed by atoms with Crippen molar-refractivity contribution in [1.82, 2.24) is 5.32 Å². The Bertz CT molecular complexity index is 627. The van der Waals surface area contributed by atoms with Crippen molar-refractivity contribution in [1.29, 1.82) is 0 Å². The first-order valence-corrected chi connectivity index (χ1v) is 8.19. The summed E-state index contributed by atoms with van der Waals surface area (Å²) in [7, 11) is -3.31. The number of aryl methyl sites for hydroxylation is 1. The number of carbonyl (C=O) groups is 1. The highest BCUT2D eigenvalue weighted by Crippen LogP contribution is 2.21. The molecule has 1 saturated heterocycles. The van der Waals surface area contributed by atoms with Crippen LogP contribution in [0.4, 0.5) is 5.69 Å². The first-order chi connectivity index (χ1) is 9.27. The predicted molar refractivity (Wildman–Crippen MR) is 75.3 cm³/mol. The Balaban J connectivity index is 2.18. The molecule has 1 aromatic rings. The van der Waals surface area contributed by atoms with Gasteiger partial charge in [0.15, 0.2) is 9.84 Å². The Morgan fingerprint density at radius 2 is 2.15 bits per heavy atom. The molecule has 0 aliphatic carbocycles. The SMILES string of the molecule is Cc1ccc(S(C)(=O)=O)cc1NC(=O)C1CC(O)CN1. The second-order valence-electron chi connectivity index (χ2n) is 5.09. The van der Waals surface area contributed by atoms with Crippen LogP contribution in [0, 0.1) is 6.92 Å². The number of aliphatic hydroxyl groups is 1. The highest BCUT2D eigenvalue weighted by Gasteiger charge is 2.28. The molecule has 6 nitrogen and oxygen atoms in total. The maximum absolute atomic E-state index is 12.0. The van der Waals surface area contributed by atoms with Crippen molar-refractivity contribution in [2.24, 2.45) is 0 Å². The summed E-state index contributed by atoms with van der Waals surface area (Å²) in [5.74, 6) is -0.268. The molecule has 20 heavy (non-hydrogen) atoms. The average molecular weight is 298 g/mol. The Morgan fingerprint density at radius 1 is 1.45 bits per heavy atom. The first-order valence-electron chi connectivity index (χ1n) is 6.30. The van der Waals surface area contributed by atoms with E-state index in [0.29, 0.717) is 18.7 Å². The summed E-state index contributed by atoms with van der Waals surface area (Å²) in [6.07, 6.45) is 0.962. The molecule has 0 radical (unpaired) electrons. The summed E-state index contributed by atoms with van der Waals surface area (Å²) >= 11 is 0. The number of sulfone groups is 1. The van der Waals surface area contributed by atoms with Crippen LogP contribution in [0.3, 0.4) is 0 Å². The second kappa shape index (κ2) is 5.51. The van der Waals surface area contributed by atoms with Gasteiger partial charge in [-0.2, -0.15) is 0 Å². The van der Waals surface area contributed by atoms with Gasteiger partial charge in [-0.1, -0.05) is 6.07 Å². The number of benzene rings is 1. The third kappa shape index (κ3) is 3.36. The van der Waals surface area contributed by atoms with Crippen LogP contribution in [0.1, 0.15) is 12.0 Å². The van der Waals surface area contributed by atoms with Gasteiger partial charge >= 0.3 is 0 Å². The molecule has 0 bridgehead atoms. The lowest BCUT2D eigenvalue weighted by atomic mass is 10.1. The van der Waals surface area contributed by atoms with E-state index in [0.717, 1.165) is 11.8 Å². The fourth-order valence-electron chi connectivity index (χ4n) is 2.10. The summed E-state index contributed by atoms with van der Waals surface area (Å²) in [4.78, 5) is 12.2. The number of carbonyl (C=O) groups excluding carboxylic acids is 1. The molecule has 1 heterocycles. The van der Waals surface area contributed by atoms with Crippen LogP contribution in [0.15, 0.2) is 23.1 Å². The zero-order valence-electron chi connectivity index (χ0n) is 11.4. The van der Waals surface area contributed by atoms with Gasteiger partial charge in [0, 0.05) is 18.5 Å². The van der Waals surface area contributed by atoms with Gasteiger partial charge in [-0.05, 0) is 31.0 Å². The van der Waals surface area contributed by atoms with E-state index in [4.69, 9.17) is 0 Å². The highest BCUT2D eigenvalue weighted by atomic mass is 32.2. The van der Waals surface area contributed by atoms with Crippen LogP contribution in [0.5, 0.6) is 0 Å². The van der Waals surface area contributed by atoms with Gasteiger partial charge in [0.05, 0.1) is 17.0 Å². The minimum atomic E-state index is -3.31. The number of nitrogens with one attached hydrogen (secondary N) is 2. The monoisotopic (exact) mass is 298 g/mol. The molecule has 0 aromatic heterocycles. The van der Waals surface area contributed by atoms with E-state index in [9.17, 15) is 18.3 Å². The zero-order chi connectivity index (χ0) is 14.9. The van der Waals surface area contributed by atoms with Crippen LogP contribution in [-0.2, 0) is 14.6 Å². The van der Waals surface area contributed by atoms with Crippen LogP contribution in [0.2, 0.25) is 0 Å². The minimum absolute atomic E-state index is 0.165. The molecule has 1 fully saturated rings. The Hall–Kier alpha value is -1.44. The normalized spacial score (nSPS) is 22.8. The van der Waals surface area contributed by atoms with Crippen LogP contribution in [0.25, 0.3) is 0 Å². The maximum Gasteiger partial charge on any atom is 0.241 e. The smallest absolute Gasteiger partial charge is 0.241 e. The van der Waals surface area contributed by atoms with E-state index in [1.165, 1.54) is 12.1 Å². The lowest BCUT2D eigenvalue weighted by molar-refractivity contribution is -0.117.